The molecule has 0 saturated heterocycles. The highest BCUT2D eigenvalue weighted by atomic mass is 32.2. The third-order valence-corrected chi connectivity index (χ3v) is 4.42. The van der Waals surface area contributed by atoms with Crippen LogP contribution < -0.4 is 0 Å². The molecule has 0 aromatic heterocycles. The first-order valence-corrected chi connectivity index (χ1v) is 7.01. The normalized spacial score (nSPS) is 19.8. The molecule has 0 spiro atoms. The van der Waals surface area contributed by atoms with Gasteiger partial charge in [-0.05, 0) is 31.9 Å². The molecule has 0 radical (unpaired) electrons. The fourth-order valence-corrected chi connectivity index (χ4v) is 3.34. The highest BCUT2D eigenvalue weighted by molar-refractivity contribution is 8.03. The number of allylic oxidation sites excluding steroid dienone is 2. The van der Waals surface area contributed by atoms with E-state index in [0.717, 1.165) is 25.0 Å². The lowest BCUT2D eigenvalue weighted by atomic mass is 9.90. The van der Waals surface area contributed by atoms with E-state index >= 15 is 0 Å². The molecule has 0 saturated carbocycles. The van der Waals surface area contributed by atoms with Crippen LogP contribution in [0.3, 0.4) is 0 Å². The molecule has 0 aliphatic heterocycles. The van der Waals surface area contributed by atoms with E-state index in [4.69, 9.17) is 4.74 Å². The summed E-state index contributed by atoms with van der Waals surface area (Å²) in [5, 5.41) is 0. The van der Waals surface area contributed by atoms with Crippen LogP contribution in [-0.4, -0.2) is 12.9 Å². The second-order valence-electron chi connectivity index (χ2n) is 4.52. The average Bonchev–Trinajstić information content (AvgIpc) is 2.39. The molecule has 2 nitrogen and oxygen atoms in total. The Morgan fingerprint density at radius 1 is 1.33 bits per heavy atom. The van der Waals surface area contributed by atoms with Crippen molar-refractivity contribution in [3.63, 3.8) is 0 Å². The van der Waals surface area contributed by atoms with E-state index in [0.29, 0.717) is 0 Å². The van der Waals surface area contributed by atoms with Crippen LogP contribution in [0, 0.1) is 5.92 Å². The van der Waals surface area contributed by atoms with Crippen LogP contribution in [0.2, 0.25) is 0 Å². The van der Waals surface area contributed by atoms with Gasteiger partial charge in [-0.15, -0.1) is 0 Å². The van der Waals surface area contributed by atoms with Gasteiger partial charge in [0, 0.05) is 22.1 Å². The smallest absolute Gasteiger partial charge is 0.133 e. The topological polar surface area (TPSA) is 26.3 Å². The Morgan fingerprint density at radius 2 is 2.06 bits per heavy atom. The fourth-order valence-electron chi connectivity index (χ4n) is 2.18. The predicted molar refractivity (Wildman–Crippen MR) is 74.4 cm³/mol. The summed E-state index contributed by atoms with van der Waals surface area (Å²) in [6.07, 6.45) is 2.60. The number of carbonyl (C=O) groups excluding carboxylic acids is 1. The van der Waals surface area contributed by atoms with Crippen LogP contribution >= 0.6 is 11.8 Å². The third-order valence-electron chi connectivity index (χ3n) is 3.27. The molecule has 2 rings (SSSR count). The molecule has 1 aromatic carbocycles. The summed E-state index contributed by atoms with van der Waals surface area (Å²) in [7, 11) is 1.72. The van der Waals surface area contributed by atoms with Gasteiger partial charge in [0.15, 0.2) is 0 Å². The van der Waals surface area contributed by atoms with Crippen molar-refractivity contribution in [3.8, 4) is 0 Å². The Hall–Kier alpha value is -1.22. The van der Waals surface area contributed by atoms with Crippen molar-refractivity contribution >= 4 is 17.5 Å². The molecule has 1 aliphatic carbocycles. The number of hydrogen-bond donors (Lipinski definition) is 0. The number of Topliss-reactive ketones (excluding diaryl/α,β-unsaturated/α-hetero) is 1. The zero-order valence-electron chi connectivity index (χ0n) is 10.8. The van der Waals surface area contributed by atoms with Crippen LogP contribution in [-0.2, 0) is 9.53 Å². The maximum atomic E-state index is 11.5. The molecule has 0 amide bonds. The quantitative estimate of drug-likeness (QED) is 0.819. The van der Waals surface area contributed by atoms with Crippen molar-refractivity contribution in [2.24, 2.45) is 5.92 Å². The largest absolute Gasteiger partial charge is 0.500 e. The maximum Gasteiger partial charge on any atom is 0.133 e. The van der Waals surface area contributed by atoms with Crippen molar-refractivity contribution in [2.75, 3.05) is 7.11 Å². The molecule has 0 heterocycles. The standard InChI is InChI=1S/C15H18O2S/c1-11(16)12-8-9-14(17-2)15(10-12)18-13-6-4-3-5-7-13/h3-7,12H,8-10H2,1-2H3. The van der Waals surface area contributed by atoms with Crippen LogP contribution in [0.4, 0.5) is 0 Å². The number of carbonyl (C=O) groups is 1. The Kier molecular flexibility index (Phi) is 4.48. The number of benzene rings is 1. The van der Waals surface area contributed by atoms with E-state index in [1.165, 1.54) is 9.80 Å². The van der Waals surface area contributed by atoms with Crippen LogP contribution in [0.1, 0.15) is 26.2 Å². The Morgan fingerprint density at radius 3 is 2.67 bits per heavy atom. The maximum absolute atomic E-state index is 11.5. The van der Waals surface area contributed by atoms with Gasteiger partial charge in [-0.3, -0.25) is 4.79 Å². The SMILES string of the molecule is COC1=C(Sc2ccccc2)CC(C(C)=O)CC1. The van der Waals surface area contributed by atoms with Crippen molar-refractivity contribution < 1.29 is 9.53 Å². The summed E-state index contributed by atoms with van der Waals surface area (Å²) < 4.78 is 5.45. The lowest BCUT2D eigenvalue weighted by Gasteiger charge is -2.24. The summed E-state index contributed by atoms with van der Waals surface area (Å²) in [5.41, 5.74) is 0. The fraction of sp³-hybridized carbons (Fsp3) is 0.400. The second-order valence-corrected chi connectivity index (χ2v) is 5.68. The molecule has 1 aromatic rings. The first-order valence-electron chi connectivity index (χ1n) is 6.20. The summed E-state index contributed by atoms with van der Waals surface area (Å²) in [4.78, 5) is 13.9. The van der Waals surface area contributed by atoms with E-state index < -0.39 is 0 Å². The zero-order valence-corrected chi connectivity index (χ0v) is 11.6. The monoisotopic (exact) mass is 262 g/mol. The summed E-state index contributed by atoms with van der Waals surface area (Å²) >= 11 is 1.72. The van der Waals surface area contributed by atoms with Crippen molar-refractivity contribution in [1.82, 2.24) is 0 Å². The molecule has 0 fully saturated rings. The van der Waals surface area contributed by atoms with Gasteiger partial charge in [0.05, 0.1) is 7.11 Å². The minimum absolute atomic E-state index is 0.162. The van der Waals surface area contributed by atoms with E-state index in [9.17, 15) is 4.79 Å². The van der Waals surface area contributed by atoms with Crippen molar-refractivity contribution in [3.05, 3.63) is 41.0 Å². The summed E-state index contributed by atoms with van der Waals surface area (Å²) in [5.74, 6) is 1.49. The second kappa shape index (κ2) is 6.10. The summed E-state index contributed by atoms with van der Waals surface area (Å²) in [6, 6.07) is 10.2. The van der Waals surface area contributed by atoms with E-state index in [1.807, 2.05) is 18.2 Å². The number of thioether (sulfide) groups is 1. The zero-order chi connectivity index (χ0) is 13.0. The molecule has 1 atom stereocenters. The lowest BCUT2D eigenvalue weighted by Crippen LogP contribution is -2.17. The van der Waals surface area contributed by atoms with Gasteiger partial charge in [0.1, 0.15) is 11.5 Å². The summed E-state index contributed by atoms with van der Waals surface area (Å²) in [6.45, 7) is 1.69. The molecular formula is C15H18O2S. The van der Waals surface area contributed by atoms with Gasteiger partial charge in [0.25, 0.3) is 0 Å². The van der Waals surface area contributed by atoms with Crippen LogP contribution in [0.5, 0.6) is 0 Å². The van der Waals surface area contributed by atoms with Gasteiger partial charge in [-0.2, -0.15) is 0 Å². The molecule has 96 valence electrons. The van der Waals surface area contributed by atoms with Gasteiger partial charge in [-0.1, -0.05) is 30.0 Å². The molecule has 3 heteroatoms. The highest BCUT2D eigenvalue weighted by Crippen LogP contribution is 2.40. The van der Waals surface area contributed by atoms with Gasteiger partial charge < -0.3 is 4.74 Å². The van der Waals surface area contributed by atoms with Crippen molar-refractivity contribution in [2.45, 2.75) is 31.1 Å². The Labute approximate surface area is 112 Å². The molecule has 1 aliphatic rings. The minimum Gasteiger partial charge on any atom is -0.500 e. The number of hydrogen-bond acceptors (Lipinski definition) is 3. The molecule has 18 heavy (non-hydrogen) atoms. The number of ether oxygens (including phenoxy) is 1. The van der Waals surface area contributed by atoms with E-state index in [2.05, 4.69) is 12.1 Å². The minimum atomic E-state index is 0.162. The number of rotatable bonds is 4. The highest BCUT2D eigenvalue weighted by Gasteiger charge is 2.25. The van der Waals surface area contributed by atoms with Gasteiger partial charge in [0.2, 0.25) is 0 Å². The first kappa shape index (κ1) is 13.2. The average molecular weight is 262 g/mol. The number of ketones is 1. The van der Waals surface area contributed by atoms with Crippen LogP contribution in [0.25, 0.3) is 0 Å². The third kappa shape index (κ3) is 3.16. The van der Waals surface area contributed by atoms with E-state index in [1.54, 1.807) is 25.8 Å². The predicted octanol–water partition coefficient (Wildman–Crippen LogP) is 4.03. The molecule has 0 bridgehead atoms. The Bertz CT molecular complexity index is 451. The van der Waals surface area contributed by atoms with E-state index in [-0.39, 0.29) is 11.7 Å². The first-order chi connectivity index (χ1) is 8.70. The number of methoxy groups -OCH3 is 1. The lowest BCUT2D eigenvalue weighted by molar-refractivity contribution is -0.121. The van der Waals surface area contributed by atoms with Crippen LogP contribution in [0.15, 0.2) is 45.9 Å². The van der Waals surface area contributed by atoms with Gasteiger partial charge in [-0.25, -0.2) is 0 Å². The van der Waals surface area contributed by atoms with Crippen molar-refractivity contribution in [1.29, 1.82) is 0 Å². The Balaban J connectivity index is 2.16. The molecular weight excluding hydrogens is 244 g/mol. The molecule has 1 unspecified atom stereocenters. The van der Waals surface area contributed by atoms with Gasteiger partial charge >= 0.3 is 0 Å². The molecule has 0 N–H and O–H groups in total.